The molecule has 2 rings (SSSR count). The molecule has 0 N–H and O–H groups in total. The van der Waals surface area contributed by atoms with Crippen molar-refractivity contribution in [2.45, 2.75) is 51.7 Å². The molecule has 1 heterocycles. The van der Waals surface area contributed by atoms with Crippen LogP contribution in [0, 0.1) is 6.92 Å². The van der Waals surface area contributed by atoms with Gasteiger partial charge < -0.3 is 4.74 Å². The fourth-order valence-corrected chi connectivity index (χ4v) is 2.56. The van der Waals surface area contributed by atoms with Gasteiger partial charge in [0.25, 0.3) is 0 Å². The second-order valence-electron chi connectivity index (χ2n) is 4.73. The number of aryl methyl sites for hydroxylation is 1. The molecule has 0 aromatic heterocycles. The minimum absolute atomic E-state index is 0.475. The van der Waals surface area contributed by atoms with Crippen molar-refractivity contribution in [3.63, 3.8) is 0 Å². The lowest BCUT2D eigenvalue weighted by Gasteiger charge is -2.15. The Morgan fingerprint density at radius 3 is 2.62 bits per heavy atom. The van der Waals surface area contributed by atoms with E-state index in [1.54, 1.807) is 0 Å². The molecule has 0 spiro atoms. The normalized spacial score (nSPS) is 25.5. The molecule has 1 fully saturated rings. The number of rotatable bonds is 4. The predicted octanol–water partition coefficient (Wildman–Crippen LogP) is 4.43. The molecule has 0 radical (unpaired) electrons. The maximum atomic E-state index is 5.51. The Morgan fingerprint density at radius 1 is 1.44 bits per heavy atom. The lowest BCUT2D eigenvalue weighted by Crippen LogP contribution is -2.03. The van der Waals surface area contributed by atoms with E-state index in [9.17, 15) is 0 Å². The first kappa shape index (κ1) is 12.1. The summed E-state index contributed by atoms with van der Waals surface area (Å²) in [5.41, 5.74) is 2.73. The van der Waals surface area contributed by atoms with Gasteiger partial charge in [-0.15, -0.1) is 0 Å². The van der Waals surface area contributed by atoms with Crippen LogP contribution in [0.25, 0.3) is 0 Å². The van der Waals surface area contributed by atoms with E-state index in [4.69, 9.17) is 4.74 Å². The van der Waals surface area contributed by atoms with Crippen LogP contribution in [0.1, 0.15) is 43.7 Å². The second kappa shape index (κ2) is 4.89. The molecule has 88 valence electrons. The number of halogens is 1. The first-order chi connectivity index (χ1) is 7.61. The van der Waals surface area contributed by atoms with E-state index < -0.39 is 0 Å². The highest BCUT2D eigenvalue weighted by atomic mass is 79.9. The van der Waals surface area contributed by atoms with Gasteiger partial charge in [-0.3, -0.25) is 0 Å². The van der Waals surface area contributed by atoms with Crippen molar-refractivity contribution in [1.82, 2.24) is 0 Å². The highest BCUT2D eigenvalue weighted by Crippen LogP contribution is 2.35. The van der Waals surface area contributed by atoms with Gasteiger partial charge in [-0.05, 0) is 49.8 Å². The van der Waals surface area contributed by atoms with Crippen LogP contribution in [-0.2, 0) is 4.74 Å². The van der Waals surface area contributed by atoms with Crippen LogP contribution in [0.15, 0.2) is 22.7 Å². The summed E-state index contributed by atoms with van der Waals surface area (Å²) in [5.74, 6) is 0.631. The third-order valence-corrected chi connectivity index (χ3v) is 4.37. The van der Waals surface area contributed by atoms with Crippen LogP contribution >= 0.6 is 15.9 Å². The minimum atomic E-state index is 0.475. The van der Waals surface area contributed by atoms with Gasteiger partial charge in [-0.25, -0.2) is 0 Å². The highest BCUT2D eigenvalue weighted by Gasteiger charge is 2.35. The van der Waals surface area contributed by atoms with E-state index in [-0.39, 0.29) is 0 Å². The van der Waals surface area contributed by atoms with E-state index in [1.165, 1.54) is 22.0 Å². The molecule has 16 heavy (non-hydrogen) atoms. The maximum Gasteiger partial charge on any atom is 0.0844 e. The monoisotopic (exact) mass is 282 g/mol. The number of ether oxygens (including phenoxy) is 1. The van der Waals surface area contributed by atoms with Gasteiger partial charge in [0.2, 0.25) is 0 Å². The summed E-state index contributed by atoms with van der Waals surface area (Å²) < 4.78 is 6.73. The van der Waals surface area contributed by atoms with Crippen molar-refractivity contribution in [3.05, 3.63) is 33.8 Å². The summed E-state index contributed by atoms with van der Waals surface area (Å²) >= 11 is 3.61. The zero-order valence-corrected chi connectivity index (χ0v) is 11.8. The molecule has 1 aliphatic rings. The van der Waals surface area contributed by atoms with Crippen LogP contribution in [-0.4, -0.2) is 12.2 Å². The number of epoxide rings is 1. The van der Waals surface area contributed by atoms with Gasteiger partial charge in [-0.1, -0.05) is 35.0 Å². The number of benzene rings is 1. The molecule has 0 aliphatic carbocycles. The Labute approximate surface area is 106 Å². The summed E-state index contributed by atoms with van der Waals surface area (Å²) in [7, 11) is 0. The first-order valence-electron chi connectivity index (χ1n) is 6.03. The van der Waals surface area contributed by atoms with Gasteiger partial charge in [0, 0.05) is 4.47 Å². The number of hydrogen-bond donors (Lipinski definition) is 0. The Bertz CT molecular complexity index is 375. The Balaban J connectivity index is 2.10. The van der Waals surface area contributed by atoms with Crippen LogP contribution in [0.2, 0.25) is 0 Å². The van der Waals surface area contributed by atoms with Gasteiger partial charge in [0.05, 0.1) is 12.2 Å². The fourth-order valence-electron chi connectivity index (χ4n) is 2.16. The molecule has 3 atom stereocenters. The summed E-state index contributed by atoms with van der Waals surface area (Å²) in [6, 6.07) is 6.71. The average molecular weight is 283 g/mol. The Morgan fingerprint density at radius 2 is 2.12 bits per heavy atom. The zero-order chi connectivity index (χ0) is 11.7. The molecule has 1 saturated heterocycles. The third kappa shape index (κ3) is 2.67. The van der Waals surface area contributed by atoms with Gasteiger partial charge in [0.1, 0.15) is 0 Å². The van der Waals surface area contributed by atoms with E-state index in [0.29, 0.717) is 18.1 Å². The molecule has 3 unspecified atom stereocenters. The zero-order valence-electron chi connectivity index (χ0n) is 10.2. The largest absolute Gasteiger partial charge is 0.370 e. The maximum absolute atomic E-state index is 5.51. The van der Waals surface area contributed by atoms with Gasteiger partial charge in [-0.2, -0.15) is 0 Å². The molecule has 0 saturated carbocycles. The summed E-state index contributed by atoms with van der Waals surface area (Å²) in [6.07, 6.45) is 3.31. The standard InChI is InChI=1S/C14H19BrO/c1-4-11(8-14-10(3)16-14)12-6-5-9(2)13(15)7-12/h5-7,10-11,14H,4,8H2,1-3H3. The first-order valence-corrected chi connectivity index (χ1v) is 6.82. The third-order valence-electron chi connectivity index (χ3n) is 3.51. The second-order valence-corrected chi connectivity index (χ2v) is 5.58. The molecule has 0 bridgehead atoms. The van der Waals surface area contributed by atoms with Crippen LogP contribution in [0.5, 0.6) is 0 Å². The molecule has 2 heteroatoms. The topological polar surface area (TPSA) is 12.5 Å². The SMILES string of the molecule is CCC(CC1OC1C)c1ccc(C)c(Br)c1. The molecule has 1 aromatic carbocycles. The summed E-state index contributed by atoms with van der Waals surface area (Å²) in [5, 5.41) is 0. The fraction of sp³-hybridized carbons (Fsp3) is 0.571. The van der Waals surface area contributed by atoms with Crippen LogP contribution in [0.4, 0.5) is 0 Å². The highest BCUT2D eigenvalue weighted by molar-refractivity contribution is 9.10. The summed E-state index contributed by atoms with van der Waals surface area (Å²) in [6.45, 7) is 6.54. The molecule has 1 aliphatic heterocycles. The van der Waals surface area contributed by atoms with Crippen LogP contribution in [0.3, 0.4) is 0 Å². The van der Waals surface area contributed by atoms with Crippen molar-refractivity contribution >= 4 is 15.9 Å². The predicted molar refractivity (Wildman–Crippen MR) is 70.9 cm³/mol. The quantitative estimate of drug-likeness (QED) is 0.745. The van der Waals surface area contributed by atoms with Crippen molar-refractivity contribution in [3.8, 4) is 0 Å². The molecule has 1 aromatic rings. The lowest BCUT2D eigenvalue weighted by atomic mass is 9.91. The van der Waals surface area contributed by atoms with Crippen molar-refractivity contribution in [2.24, 2.45) is 0 Å². The lowest BCUT2D eigenvalue weighted by molar-refractivity contribution is 0.357. The van der Waals surface area contributed by atoms with E-state index in [2.05, 4.69) is 54.9 Å². The van der Waals surface area contributed by atoms with Gasteiger partial charge >= 0.3 is 0 Å². The van der Waals surface area contributed by atoms with E-state index in [0.717, 1.165) is 6.42 Å². The van der Waals surface area contributed by atoms with Crippen molar-refractivity contribution < 1.29 is 4.74 Å². The van der Waals surface area contributed by atoms with Gasteiger partial charge in [0.15, 0.2) is 0 Å². The number of hydrogen-bond acceptors (Lipinski definition) is 1. The molecule has 1 nitrogen and oxygen atoms in total. The van der Waals surface area contributed by atoms with Crippen molar-refractivity contribution in [2.75, 3.05) is 0 Å². The van der Waals surface area contributed by atoms with Crippen LogP contribution < -0.4 is 0 Å². The average Bonchev–Trinajstić information content (AvgIpc) is 2.95. The van der Waals surface area contributed by atoms with E-state index >= 15 is 0 Å². The van der Waals surface area contributed by atoms with E-state index in [1.807, 2.05) is 0 Å². The smallest absolute Gasteiger partial charge is 0.0844 e. The Kier molecular flexibility index (Phi) is 3.70. The van der Waals surface area contributed by atoms with Crippen molar-refractivity contribution in [1.29, 1.82) is 0 Å². The molecule has 0 amide bonds. The molecular weight excluding hydrogens is 264 g/mol. The Hall–Kier alpha value is -0.340. The minimum Gasteiger partial charge on any atom is -0.370 e. The molecular formula is C14H19BrO. The summed E-state index contributed by atoms with van der Waals surface area (Å²) in [4.78, 5) is 0.